The number of benzene rings is 2. The van der Waals surface area contributed by atoms with E-state index in [1.54, 1.807) is 18.2 Å². The van der Waals surface area contributed by atoms with Gasteiger partial charge in [0.05, 0.1) is 17.1 Å². The fourth-order valence-corrected chi connectivity index (χ4v) is 3.45. The second-order valence-electron chi connectivity index (χ2n) is 7.19. The Morgan fingerprint density at radius 3 is 2.59 bits per heavy atom. The number of carbonyl (C=O) groups excluding carboxylic acids is 2. The van der Waals surface area contributed by atoms with Crippen molar-refractivity contribution < 1.29 is 23.8 Å². The van der Waals surface area contributed by atoms with Gasteiger partial charge in [-0.05, 0) is 43.7 Å². The van der Waals surface area contributed by atoms with Gasteiger partial charge >= 0.3 is 6.03 Å². The molecule has 0 saturated carbocycles. The molecule has 2 heterocycles. The minimum absolute atomic E-state index is 0.0720. The van der Waals surface area contributed by atoms with Crippen molar-refractivity contribution in [2.75, 3.05) is 6.61 Å². The minimum atomic E-state index is -1.38. The third kappa shape index (κ3) is 3.64. The van der Waals surface area contributed by atoms with E-state index in [1.807, 2.05) is 13.0 Å². The molecular formula is C21H19N5O6. The van der Waals surface area contributed by atoms with Crippen LogP contribution >= 0.6 is 0 Å². The standard InChI is InChI=1S/C21H19N5O6/c1-3-31-16-7-5-4-6-15(16)18-22-17(32-24-18)12-25-19(27)21(2,23-20(25)28)13-8-10-14(11-9-13)26(29)30/h4-11H,3,12H2,1-2H3,(H,23,28)/t21-/m1/s1. The van der Waals surface area contributed by atoms with Gasteiger partial charge in [0.25, 0.3) is 11.6 Å². The zero-order valence-corrected chi connectivity index (χ0v) is 17.3. The molecule has 1 aliphatic heterocycles. The first-order chi connectivity index (χ1) is 15.3. The summed E-state index contributed by atoms with van der Waals surface area (Å²) in [5.41, 5.74) is -0.453. The van der Waals surface area contributed by atoms with Crippen LogP contribution in [0, 0.1) is 10.1 Å². The molecule has 164 valence electrons. The van der Waals surface area contributed by atoms with Gasteiger partial charge in [-0.25, -0.2) is 4.79 Å². The summed E-state index contributed by atoms with van der Waals surface area (Å²) in [5.74, 6) is 0.394. The molecule has 3 aromatic rings. The van der Waals surface area contributed by atoms with E-state index in [4.69, 9.17) is 9.26 Å². The van der Waals surface area contributed by atoms with Gasteiger partial charge in [-0.2, -0.15) is 4.98 Å². The molecular weight excluding hydrogens is 418 g/mol. The lowest BCUT2D eigenvalue weighted by Crippen LogP contribution is -2.40. The number of imide groups is 1. The van der Waals surface area contributed by atoms with Gasteiger partial charge in [0.15, 0.2) is 0 Å². The molecule has 1 N–H and O–H groups in total. The highest BCUT2D eigenvalue weighted by molar-refractivity contribution is 6.07. The number of nitro groups is 1. The predicted octanol–water partition coefficient (Wildman–Crippen LogP) is 3.01. The molecule has 1 atom stereocenters. The van der Waals surface area contributed by atoms with Crippen LogP contribution in [0.15, 0.2) is 53.1 Å². The molecule has 4 rings (SSSR count). The van der Waals surface area contributed by atoms with E-state index in [1.165, 1.54) is 31.2 Å². The fraction of sp³-hybridized carbons (Fsp3) is 0.238. The number of non-ortho nitro benzene ring substituents is 1. The van der Waals surface area contributed by atoms with Gasteiger partial charge in [-0.1, -0.05) is 17.3 Å². The van der Waals surface area contributed by atoms with Crippen LogP contribution in [0.25, 0.3) is 11.4 Å². The van der Waals surface area contributed by atoms with Gasteiger partial charge in [-0.3, -0.25) is 19.8 Å². The van der Waals surface area contributed by atoms with Crippen LogP contribution in [0.1, 0.15) is 25.3 Å². The minimum Gasteiger partial charge on any atom is -0.493 e. The molecule has 0 unspecified atom stereocenters. The van der Waals surface area contributed by atoms with Gasteiger partial charge in [0.1, 0.15) is 17.8 Å². The Hall–Kier alpha value is -4.28. The van der Waals surface area contributed by atoms with Crippen molar-refractivity contribution in [1.29, 1.82) is 0 Å². The normalized spacial score (nSPS) is 18.0. The zero-order chi connectivity index (χ0) is 22.9. The van der Waals surface area contributed by atoms with Crippen LogP contribution in [0.2, 0.25) is 0 Å². The Balaban J connectivity index is 1.55. The van der Waals surface area contributed by atoms with Crippen molar-refractivity contribution in [1.82, 2.24) is 20.4 Å². The maximum atomic E-state index is 13.1. The topological polar surface area (TPSA) is 141 Å². The van der Waals surface area contributed by atoms with Crippen molar-refractivity contribution in [2.24, 2.45) is 0 Å². The zero-order valence-electron chi connectivity index (χ0n) is 17.3. The second-order valence-corrected chi connectivity index (χ2v) is 7.19. The molecule has 1 aromatic heterocycles. The molecule has 3 amide bonds. The first kappa shape index (κ1) is 21.0. The van der Waals surface area contributed by atoms with Crippen molar-refractivity contribution in [3.05, 3.63) is 70.1 Å². The monoisotopic (exact) mass is 437 g/mol. The number of amides is 3. The molecule has 0 spiro atoms. The van der Waals surface area contributed by atoms with Crippen molar-refractivity contribution in [3.8, 4) is 17.1 Å². The van der Waals surface area contributed by atoms with E-state index in [0.29, 0.717) is 23.5 Å². The van der Waals surface area contributed by atoms with Gasteiger partial charge in [0, 0.05) is 12.1 Å². The number of urea groups is 1. The van der Waals surface area contributed by atoms with Crippen LogP contribution in [-0.4, -0.2) is 38.5 Å². The summed E-state index contributed by atoms with van der Waals surface area (Å²) in [6, 6.07) is 12.0. The average molecular weight is 437 g/mol. The van der Waals surface area contributed by atoms with Crippen molar-refractivity contribution in [3.63, 3.8) is 0 Å². The largest absolute Gasteiger partial charge is 0.493 e. The molecule has 2 aromatic carbocycles. The van der Waals surface area contributed by atoms with Crippen LogP contribution in [0.5, 0.6) is 5.75 Å². The molecule has 11 heteroatoms. The molecule has 0 aliphatic carbocycles. The summed E-state index contributed by atoms with van der Waals surface area (Å²) in [6.07, 6.45) is 0. The van der Waals surface area contributed by atoms with E-state index in [-0.39, 0.29) is 23.9 Å². The highest BCUT2D eigenvalue weighted by atomic mass is 16.6. The number of nitro benzene ring substituents is 1. The number of rotatable bonds is 7. The van der Waals surface area contributed by atoms with E-state index in [9.17, 15) is 19.7 Å². The quantitative estimate of drug-likeness (QED) is 0.338. The fourth-order valence-electron chi connectivity index (χ4n) is 3.45. The van der Waals surface area contributed by atoms with E-state index < -0.39 is 22.4 Å². The Labute approximate surface area is 182 Å². The molecule has 0 bridgehead atoms. The molecule has 1 saturated heterocycles. The first-order valence-electron chi connectivity index (χ1n) is 9.77. The number of nitrogens with one attached hydrogen (secondary N) is 1. The van der Waals surface area contributed by atoms with Gasteiger partial charge in [-0.15, -0.1) is 0 Å². The average Bonchev–Trinajstić information content (AvgIpc) is 3.33. The molecule has 32 heavy (non-hydrogen) atoms. The molecule has 0 radical (unpaired) electrons. The molecule has 11 nitrogen and oxygen atoms in total. The summed E-state index contributed by atoms with van der Waals surface area (Å²) >= 11 is 0. The molecule has 1 fully saturated rings. The lowest BCUT2D eigenvalue weighted by atomic mass is 9.92. The SMILES string of the molecule is CCOc1ccccc1-c1noc(CN2C(=O)N[C@](C)(c3ccc([N+](=O)[O-])cc3)C2=O)n1. The summed E-state index contributed by atoms with van der Waals surface area (Å²) in [7, 11) is 0. The summed E-state index contributed by atoms with van der Waals surface area (Å²) in [6.45, 7) is 3.63. The molecule has 1 aliphatic rings. The third-order valence-corrected chi connectivity index (χ3v) is 5.12. The van der Waals surface area contributed by atoms with E-state index in [2.05, 4.69) is 15.5 Å². The van der Waals surface area contributed by atoms with Crippen molar-refractivity contribution in [2.45, 2.75) is 25.9 Å². The van der Waals surface area contributed by atoms with Crippen molar-refractivity contribution >= 4 is 17.6 Å². The predicted molar refractivity (Wildman–Crippen MR) is 110 cm³/mol. The number of hydrogen-bond acceptors (Lipinski definition) is 8. The summed E-state index contributed by atoms with van der Waals surface area (Å²) in [5, 5.41) is 17.5. The van der Waals surface area contributed by atoms with Gasteiger partial charge in [0.2, 0.25) is 11.7 Å². The lowest BCUT2D eigenvalue weighted by molar-refractivity contribution is -0.384. The number of para-hydroxylation sites is 1. The van der Waals surface area contributed by atoms with Crippen LogP contribution in [0.4, 0.5) is 10.5 Å². The number of aromatic nitrogens is 2. The second kappa shape index (κ2) is 8.10. The summed E-state index contributed by atoms with van der Waals surface area (Å²) in [4.78, 5) is 41.2. The Morgan fingerprint density at radius 2 is 1.91 bits per heavy atom. The van der Waals surface area contributed by atoms with Crippen LogP contribution in [-0.2, 0) is 16.9 Å². The Bertz CT molecular complexity index is 1190. The Kier molecular flexibility index (Phi) is 5.31. The number of hydrogen-bond donors (Lipinski definition) is 1. The Morgan fingerprint density at radius 1 is 1.19 bits per heavy atom. The number of ether oxygens (including phenoxy) is 1. The number of carbonyl (C=O) groups is 2. The maximum Gasteiger partial charge on any atom is 0.325 e. The van der Waals surface area contributed by atoms with Gasteiger partial charge < -0.3 is 14.6 Å². The number of nitrogens with zero attached hydrogens (tertiary/aromatic N) is 4. The van der Waals surface area contributed by atoms with E-state index in [0.717, 1.165) is 4.90 Å². The van der Waals surface area contributed by atoms with Crippen LogP contribution < -0.4 is 10.1 Å². The first-order valence-corrected chi connectivity index (χ1v) is 9.77. The third-order valence-electron chi connectivity index (χ3n) is 5.12. The van der Waals surface area contributed by atoms with Crippen LogP contribution in [0.3, 0.4) is 0 Å². The summed E-state index contributed by atoms with van der Waals surface area (Å²) < 4.78 is 10.8. The van der Waals surface area contributed by atoms with E-state index >= 15 is 0 Å². The maximum absolute atomic E-state index is 13.1. The smallest absolute Gasteiger partial charge is 0.325 e. The highest BCUT2D eigenvalue weighted by Crippen LogP contribution is 2.32. The highest BCUT2D eigenvalue weighted by Gasteiger charge is 2.49. The lowest BCUT2D eigenvalue weighted by Gasteiger charge is -2.21.